The fourth-order valence-corrected chi connectivity index (χ4v) is 0.869. The van der Waals surface area contributed by atoms with Gasteiger partial charge in [0.05, 0.1) is 5.92 Å². The van der Waals surface area contributed by atoms with Crippen molar-refractivity contribution in [3.8, 4) is 0 Å². The molecule has 0 saturated carbocycles. The first-order chi connectivity index (χ1) is 5.70. The third kappa shape index (κ3) is 2.26. The smallest absolute Gasteiger partial charge is 0.303 e. The number of hydrogen-bond donors (Lipinski definition) is 1. The number of carbonyl (C=O) groups excluding carboxylic acids is 1. The first kappa shape index (κ1) is 8.58. The van der Waals surface area contributed by atoms with Crippen LogP contribution in [0.3, 0.4) is 0 Å². The summed E-state index contributed by atoms with van der Waals surface area (Å²) in [6.07, 6.45) is 2.84. The van der Waals surface area contributed by atoms with Crippen LogP contribution in [0.2, 0.25) is 0 Å². The number of carboxylic acids is 1. The fraction of sp³-hybridized carbons (Fsp3) is 0.429. The highest BCUT2D eigenvalue weighted by Crippen LogP contribution is 2.08. The summed E-state index contributed by atoms with van der Waals surface area (Å²) in [5.74, 6) is -1.68. The number of aliphatic carboxylic acids is 1. The van der Waals surface area contributed by atoms with E-state index in [1.807, 2.05) is 0 Å². The lowest BCUT2D eigenvalue weighted by Gasteiger charge is -2.07. The van der Waals surface area contributed by atoms with E-state index in [0.717, 1.165) is 0 Å². The van der Waals surface area contributed by atoms with Crippen LogP contribution in [0, 0.1) is 5.92 Å². The SMILES string of the molecule is O=C(O)CC[C@@H]1C=NC=NC1=O. The Balaban J connectivity index is 2.42. The second-order valence-corrected chi connectivity index (χ2v) is 2.42. The van der Waals surface area contributed by atoms with E-state index in [9.17, 15) is 9.59 Å². The van der Waals surface area contributed by atoms with Gasteiger partial charge in [-0.25, -0.2) is 9.98 Å². The zero-order valence-corrected chi connectivity index (χ0v) is 6.30. The topological polar surface area (TPSA) is 79.1 Å². The molecule has 1 heterocycles. The van der Waals surface area contributed by atoms with Crippen LogP contribution in [-0.4, -0.2) is 29.5 Å². The van der Waals surface area contributed by atoms with Crippen LogP contribution in [0.5, 0.6) is 0 Å². The summed E-state index contributed by atoms with van der Waals surface area (Å²) in [7, 11) is 0. The molecule has 64 valence electrons. The number of carbonyl (C=O) groups is 2. The molecule has 1 amide bonds. The first-order valence-electron chi connectivity index (χ1n) is 3.51. The van der Waals surface area contributed by atoms with Crippen molar-refractivity contribution in [3.63, 3.8) is 0 Å². The van der Waals surface area contributed by atoms with Gasteiger partial charge in [0.2, 0.25) is 0 Å². The Kier molecular flexibility index (Phi) is 2.68. The first-order valence-corrected chi connectivity index (χ1v) is 3.51. The molecular weight excluding hydrogens is 160 g/mol. The van der Waals surface area contributed by atoms with Gasteiger partial charge in [-0.15, -0.1) is 0 Å². The minimum Gasteiger partial charge on any atom is -0.481 e. The van der Waals surface area contributed by atoms with Crippen LogP contribution < -0.4 is 0 Å². The molecule has 0 spiro atoms. The normalized spacial score (nSPS) is 21.3. The lowest BCUT2D eigenvalue weighted by atomic mass is 10.0. The molecule has 1 N–H and O–H groups in total. The summed E-state index contributed by atoms with van der Waals surface area (Å²) >= 11 is 0. The summed E-state index contributed by atoms with van der Waals surface area (Å²) in [6, 6.07) is 0. The molecule has 0 aromatic heterocycles. The number of rotatable bonds is 3. The minimum atomic E-state index is -0.911. The summed E-state index contributed by atoms with van der Waals surface area (Å²) in [4.78, 5) is 28.2. The molecular formula is C7H8N2O3. The van der Waals surface area contributed by atoms with Crippen molar-refractivity contribution in [2.45, 2.75) is 12.8 Å². The van der Waals surface area contributed by atoms with Crippen molar-refractivity contribution >= 4 is 24.4 Å². The summed E-state index contributed by atoms with van der Waals surface area (Å²) in [6.45, 7) is 0. The van der Waals surface area contributed by atoms with Crippen LogP contribution in [0.1, 0.15) is 12.8 Å². The molecule has 5 nitrogen and oxygen atoms in total. The maximum Gasteiger partial charge on any atom is 0.303 e. The third-order valence-electron chi connectivity index (χ3n) is 1.50. The molecule has 0 fully saturated rings. The predicted octanol–water partition coefficient (Wildman–Crippen LogP) is 0.107. The molecule has 0 aromatic carbocycles. The van der Waals surface area contributed by atoms with Crippen LogP contribution in [-0.2, 0) is 9.59 Å². The lowest BCUT2D eigenvalue weighted by molar-refractivity contribution is -0.137. The number of amides is 1. The Hall–Kier alpha value is -1.52. The van der Waals surface area contributed by atoms with Gasteiger partial charge in [-0.3, -0.25) is 9.59 Å². The lowest BCUT2D eigenvalue weighted by Crippen LogP contribution is -2.18. The van der Waals surface area contributed by atoms with Gasteiger partial charge in [0.25, 0.3) is 5.91 Å². The van der Waals surface area contributed by atoms with Gasteiger partial charge < -0.3 is 5.11 Å². The maximum atomic E-state index is 10.9. The molecule has 1 aliphatic rings. The van der Waals surface area contributed by atoms with Gasteiger partial charge in [0.1, 0.15) is 6.34 Å². The highest BCUT2D eigenvalue weighted by molar-refractivity contribution is 6.02. The molecule has 0 saturated heterocycles. The zero-order chi connectivity index (χ0) is 8.97. The number of carboxylic acid groups (broad SMARTS) is 1. The second kappa shape index (κ2) is 3.75. The average Bonchev–Trinajstić information content (AvgIpc) is 2.03. The Labute approximate surface area is 68.8 Å². The van der Waals surface area contributed by atoms with Crippen molar-refractivity contribution in [1.29, 1.82) is 0 Å². The molecule has 0 aliphatic carbocycles. The van der Waals surface area contributed by atoms with E-state index < -0.39 is 11.9 Å². The largest absolute Gasteiger partial charge is 0.481 e. The van der Waals surface area contributed by atoms with Crippen molar-refractivity contribution in [1.82, 2.24) is 0 Å². The van der Waals surface area contributed by atoms with E-state index in [-0.39, 0.29) is 18.7 Å². The summed E-state index contributed by atoms with van der Waals surface area (Å²) < 4.78 is 0. The van der Waals surface area contributed by atoms with Gasteiger partial charge in [-0.05, 0) is 6.42 Å². The quantitative estimate of drug-likeness (QED) is 0.649. The summed E-state index contributed by atoms with van der Waals surface area (Å²) in [5.41, 5.74) is 0. The van der Waals surface area contributed by atoms with E-state index in [1.54, 1.807) is 0 Å². The van der Waals surface area contributed by atoms with Gasteiger partial charge in [0.15, 0.2) is 0 Å². The standard InChI is InChI=1S/C7H8N2O3/c10-6(11)2-1-5-3-8-4-9-7(5)12/h3-5H,1-2H2,(H,10,11)/t5-/m1/s1. The predicted molar refractivity (Wildman–Crippen MR) is 42.4 cm³/mol. The Morgan fingerprint density at radius 2 is 2.42 bits per heavy atom. The van der Waals surface area contributed by atoms with E-state index in [4.69, 9.17) is 5.11 Å². The number of hydrogen-bond acceptors (Lipinski definition) is 3. The van der Waals surface area contributed by atoms with E-state index >= 15 is 0 Å². The van der Waals surface area contributed by atoms with Crippen LogP contribution in [0.25, 0.3) is 0 Å². The monoisotopic (exact) mass is 168 g/mol. The van der Waals surface area contributed by atoms with Crippen molar-refractivity contribution in [3.05, 3.63) is 0 Å². The zero-order valence-electron chi connectivity index (χ0n) is 6.30. The van der Waals surface area contributed by atoms with Gasteiger partial charge in [-0.1, -0.05) is 0 Å². The van der Waals surface area contributed by atoms with Crippen LogP contribution in [0.4, 0.5) is 0 Å². The van der Waals surface area contributed by atoms with E-state index in [1.165, 1.54) is 12.6 Å². The average molecular weight is 168 g/mol. The number of nitrogens with zero attached hydrogens (tertiary/aromatic N) is 2. The van der Waals surface area contributed by atoms with E-state index in [2.05, 4.69) is 9.98 Å². The maximum absolute atomic E-state index is 10.9. The molecule has 0 bridgehead atoms. The third-order valence-corrected chi connectivity index (χ3v) is 1.50. The summed E-state index contributed by atoms with van der Waals surface area (Å²) in [5, 5.41) is 8.34. The molecule has 0 aromatic rings. The molecule has 1 aliphatic heterocycles. The van der Waals surface area contributed by atoms with Crippen LogP contribution in [0.15, 0.2) is 9.98 Å². The van der Waals surface area contributed by atoms with Crippen molar-refractivity contribution < 1.29 is 14.7 Å². The molecule has 1 rings (SSSR count). The van der Waals surface area contributed by atoms with Gasteiger partial charge in [-0.2, -0.15) is 0 Å². The minimum absolute atomic E-state index is 0.0298. The highest BCUT2D eigenvalue weighted by atomic mass is 16.4. The molecule has 12 heavy (non-hydrogen) atoms. The second-order valence-electron chi connectivity index (χ2n) is 2.42. The Morgan fingerprint density at radius 3 is 3.00 bits per heavy atom. The van der Waals surface area contributed by atoms with E-state index in [0.29, 0.717) is 0 Å². The molecule has 5 heteroatoms. The molecule has 0 unspecified atom stereocenters. The number of aliphatic imine (C=N–C) groups is 2. The molecule has 0 radical (unpaired) electrons. The Morgan fingerprint density at radius 1 is 1.67 bits per heavy atom. The van der Waals surface area contributed by atoms with Crippen LogP contribution >= 0.6 is 0 Å². The van der Waals surface area contributed by atoms with Gasteiger partial charge in [0, 0.05) is 12.6 Å². The van der Waals surface area contributed by atoms with Gasteiger partial charge >= 0.3 is 5.97 Å². The Bertz CT molecular complexity index is 257. The highest BCUT2D eigenvalue weighted by Gasteiger charge is 2.17. The van der Waals surface area contributed by atoms with Crippen molar-refractivity contribution in [2.24, 2.45) is 15.9 Å². The van der Waals surface area contributed by atoms with Crippen molar-refractivity contribution in [2.75, 3.05) is 0 Å². The fourth-order valence-electron chi connectivity index (χ4n) is 0.869. The molecule has 1 atom stereocenters.